The predicted octanol–water partition coefficient (Wildman–Crippen LogP) is 2.22. The van der Waals surface area contributed by atoms with Gasteiger partial charge in [-0.3, -0.25) is 9.69 Å². The molecule has 1 aromatic carbocycles. The van der Waals surface area contributed by atoms with Gasteiger partial charge in [-0.15, -0.1) is 0 Å². The van der Waals surface area contributed by atoms with E-state index in [1.54, 1.807) is 7.11 Å². The van der Waals surface area contributed by atoms with E-state index in [9.17, 15) is 4.79 Å². The summed E-state index contributed by atoms with van der Waals surface area (Å²) in [7, 11) is 1.67. The standard InChI is InChI=1S/C15H21NO3/c1-12(17)19-15-4-3-9-16(11-15)10-13-5-7-14(18-2)8-6-13/h5-8,15H,3-4,9-11H2,1-2H3. The highest BCUT2D eigenvalue weighted by atomic mass is 16.5. The summed E-state index contributed by atoms with van der Waals surface area (Å²) in [6.07, 6.45) is 2.09. The van der Waals surface area contributed by atoms with Gasteiger partial charge >= 0.3 is 5.97 Å². The maximum atomic E-state index is 11.0. The molecular formula is C15H21NO3. The molecule has 1 aliphatic heterocycles. The summed E-state index contributed by atoms with van der Waals surface area (Å²) in [5, 5.41) is 0. The van der Waals surface area contributed by atoms with Crippen LogP contribution in [-0.2, 0) is 16.1 Å². The van der Waals surface area contributed by atoms with Gasteiger partial charge in [0.15, 0.2) is 0 Å². The van der Waals surface area contributed by atoms with Crippen LogP contribution in [0.2, 0.25) is 0 Å². The Hall–Kier alpha value is -1.55. The molecule has 1 fully saturated rings. The highest BCUT2D eigenvalue weighted by Crippen LogP contribution is 2.18. The molecule has 1 heterocycles. The smallest absolute Gasteiger partial charge is 0.302 e. The van der Waals surface area contributed by atoms with Gasteiger partial charge in [0, 0.05) is 20.0 Å². The average molecular weight is 263 g/mol. The first-order valence-electron chi connectivity index (χ1n) is 6.70. The van der Waals surface area contributed by atoms with Crippen LogP contribution in [-0.4, -0.2) is 37.2 Å². The fourth-order valence-corrected chi connectivity index (χ4v) is 2.48. The molecule has 1 atom stereocenters. The van der Waals surface area contributed by atoms with Crippen LogP contribution >= 0.6 is 0 Å². The molecule has 0 bridgehead atoms. The number of ether oxygens (including phenoxy) is 2. The van der Waals surface area contributed by atoms with E-state index < -0.39 is 0 Å². The van der Waals surface area contributed by atoms with E-state index in [1.165, 1.54) is 12.5 Å². The fraction of sp³-hybridized carbons (Fsp3) is 0.533. The second-order valence-electron chi connectivity index (χ2n) is 4.96. The molecule has 4 heteroatoms. The van der Waals surface area contributed by atoms with E-state index in [0.29, 0.717) is 0 Å². The SMILES string of the molecule is COc1ccc(CN2CCCC(OC(C)=O)C2)cc1. The van der Waals surface area contributed by atoms with E-state index in [4.69, 9.17) is 9.47 Å². The second kappa shape index (κ2) is 6.57. The zero-order chi connectivity index (χ0) is 13.7. The average Bonchev–Trinajstić information content (AvgIpc) is 2.39. The Morgan fingerprint density at radius 3 is 2.74 bits per heavy atom. The molecule has 0 saturated carbocycles. The van der Waals surface area contributed by atoms with Crippen molar-refractivity contribution in [1.82, 2.24) is 4.90 Å². The van der Waals surface area contributed by atoms with Gasteiger partial charge in [-0.1, -0.05) is 12.1 Å². The first kappa shape index (κ1) is 13.9. The van der Waals surface area contributed by atoms with Crippen molar-refractivity contribution in [3.63, 3.8) is 0 Å². The van der Waals surface area contributed by atoms with Gasteiger partial charge in [-0.25, -0.2) is 0 Å². The molecule has 0 spiro atoms. The molecule has 0 amide bonds. The summed E-state index contributed by atoms with van der Waals surface area (Å²) in [5.41, 5.74) is 1.25. The third-order valence-electron chi connectivity index (χ3n) is 3.36. The number of piperidine rings is 1. The number of methoxy groups -OCH3 is 1. The number of nitrogens with zero attached hydrogens (tertiary/aromatic N) is 1. The van der Waals surface area contributed by atoms with Crippen molar-refractivity contribution >= 4 is 5.97 Å². The molecule has 1 aliphatic rings. The molecule has 0 radical (unpaired) electrons. The molecule has 104 valence electrons. The summed E-state index contributed by atoms with van der Waals surface area (Å²) < 4.78 is 10.4. The Labute approximate surface area is 114 Å². The highest BCUT2D eigenvalue weighted by molar-refractivity contribution is 5.66. The summed E-state index contributed by atoms with van der Waals surface area (Å²) in [6, 6.07) is 8.11. The quantitative estimate of drug-likeness (QED) is 0.781. The molecule has 1 unspecified atom stereocenters. The van der Waals surface area contributed by atoms with Crippen LogP contribution in [0.5, 0.6) is 5.75 Å². The van der Waals surface area contributed by atoms with Gasteiger partial charge < -0.3 is 9.47 Å². The summed E-state index contributed by atoms with van der Waals surface area (Å²) in [4.78, 5) is 13.3. The molecule has 2 rings (SSSR count). The van der Waals surface area contributed by atoms with Gasteiger partial charge in [0.25, 0.3) is 0 Å². The van der Waals surface area contributed by atoms with Gasteiger partial charge in [0.05, 0.1) is 7.11 Å². The number of hydrogen-bond acceptors (Lipinski definition) is 4. The Morgan fingerprint density at radius 1 is 1.37 bits per heavy atom. The molecule has 4 nitrogen and oxygen atoms in total. The van der Waals surface area contributed by atoms with Crippen molar-refractivity contribution in [3.05, 3.63) is 29.8 Å². The van der Waals surface area contributed by atoms with E-state index in [0.717, 1.165) is 38.2 Å². The number of carbonyl (C=O) groups excluding carboxylic acids is 1. The third kappa shape index (κ3) is 4.24. The van der Waals surface area contributed by atoms with Gasteiger partial charge in [0.1, 0.15) is 11.9 Å². The number of benzene rings is 1. The number of esters is 1. The normalized spacial score (nSPS) is 20.0. The summed E-state index contributed by atoms with van der Waals surface area (Å²) in [5.74, 6) is 0.691. The highest BCUT2D eigenvalue weighted by Gasteiger charge is 2.21. The summed E-state index contributed by atoms with van der Waals surface area (Å²) >= 11 is 0. The first-order valence-corrected chi connectivity index (χ1v) is 6.70. The van der Waals surface area contributed by atoms with Gasteiger partial charge in [-0.2, -0.15) is 0 Å². The fourth-order valence-electron chi connectivity index (χ4n) is 2.48. The van der Waals surface area contributed by atoms with Crippen molar-refractivity contribution in [2.75, 3.05) is 20.2 Å². The zero-order valence-corrected chi connectivity index (χ0v) is 11.6. The zero-order valence-electron chi connectivity index (χ0n) is 11.6. The van der Waals surface area contributed by atoms with Crippen LogP contribution in [0.25, 0.3) is 0 Å². The lowest BCUT2D eigenvalue weighted by Gasteiger charge is -2.32. The predicted molar refractivity (Wildman–Crippen MR) is 73.1 cm³/mol. The number of likely N-dealkylation sites (tertiary alicyclic amines) is 1. The molecule has 1 saturated heterocycles. The minimum atomic E-state index is -0.184. The Morgan fingerprint density at radius 2 is 2.11 bits per heavy atom. The van der Waals surface area contributed by atoms with Crippen molar-refractivity contribution in [1.29, 1.82) is 0 Å². The second-order valence-corrected chi connectivity index (χ2v) is 4.96. The van der Waals surface area contributed by atoms with Gasteiger partial charge in [-0.05, 0) is 37.1 Å². The largest absolute Gasteiger partial charge is 0.497 e. The number of carbonyl (C=O) groups is 1. The van der Waals surface area contributed by atoms with Crippen LogP contribution < -0.4 is 4.74 Å². The van der Waals surface area contributed by atoms with Crippen molar-refractivity contribution in [2.45, 2.75) is 32.4 Å². The topological polar surface area (TPSA) is 38.8 Å². The maximum absolute atomic E-state index is 11.0. The molecule has 0 N–H and O–H groups in total. The molecular weight excluding hydrogens is 242 g/mol. The van der Waals surface area contributed by atoms with E-state index in [-0.39, 0.29) is 12.1 Å². The molecule has 0 aliphatic carbocycles. The van der Waals surface area contributed by atoms with E-state index in [2.05, 4.69) is 17.0 Å². The van der Waals surface area contributed by atoms with Crippen LogP contribution in [0.3, 0.4) is 0 Å². The van der Waals surface area contributed by atoms with Gasteiger partial charge in [0.2, 0.25) is 0 Å². The minimum absolute atomic E-state index is 0.0458. The van der Waals surface area contributed by atoms with Crippen LogP contribution in [0.4, 0.5) is 0 Å². The Balaban J connectivity index is 1.88. The maximum Gasteiger partial charge on any atom is 0.302 e. The summed E-state index contributed by atoms with van der Waals surface area (Å²) in [6.45, 7) is 4.25. The van der Waals surface area contributed by atoms with E-state index in [1.807, 2.05) is 12.1 Å². The van der Waals surface area contributed by atoms with Crippen molar-refractivity contribution < 1.29 is 14.3 Å². The minimum Gasteiger partial charge on any atom is -0.497 e. The van der Waals surface area contributed by atoms with Crippen molar-refractivity contribution in [3.8, 4) is 5.75 Å². The van der Waals surface area contributed by atoms with Crippen molar-refractivity contribution in [2.24, 2.45) is 0 Å². The molecule has 19 heavy (non-hydrogen) atoms. The number of rotatable bonds is 4. The third-order valence-corrected chi connectivity index (χ3v) is 3.36. The molecule has 0 aromatic heterocycles. The first-order chi connectivity index (χ1) is 9.17. The van der Waals surface area contributed by atoms with E-state index >= 15 is 0 Å². The van der Waals surface area contributed by atoms with Crippen LogP contribution in [0.15, 0.2) is 24.3 Å². The molecule has 1 aromatic rings. The number of hydrogen-bond donors (Lipinski definition) is 0. The monoisotopic (exact) mass is 263 g/mol. The van der Waals surface area contributed by atoms with Crippen LogP contribution in [0.1, 0.15) is 25.3 Å². The Kier molecular flexibility index (Phi) is 4.80. The lowest BCUT2D eigenvalue weighted by Crippen LogP contribution is -2.39. The lowest BCUT2D eigenvalue weighted by atomic mass is 10.1. The Bertz CT molecular complexity index is 416. The van der Waals surface area contributed by atoms with Crippen LogP contribution in [0, 0.1) is 0 Å². The lowest BCUT2D eigenvalue weighted by molar-refractivity contribution is -0.148.